The predicted octanol–water partition coefficient (Wildman–Crippen LogP) is 2.17. The monoisotopic (exact) mass is 217 g/mol. The van der Waals surface area contributed by atoms with Crippen LogP contribution in [0.3, 0.4) is 0 Å². The van der Waals surface area contributed by atoms with E-state index in [-0.39, 0.29) is 17.7 Å². The first-order chi connectivity index (χ1) is 6.57. The van der Waals surface area contributed by atoms with Crippen molar-refractivity contribution in [3.63, 3.8) is 0 Å². The lowest BCUT2D eigenvalue weighted by Gasteiger charge is -2.14. The van der Waals surface area contributed by atoms with Crippen LogP contribution in [-0.2, 0) is 0 Å². The normalized spacial score (nSPS) is 12.9. The summed E-state index contributed by atoms with van der Waals surface area (Å²) < 4.78 is 13.3. The Kier molecular flexibility index (Phi) is 3.86. The van der Waals surface area contributed by atoms with Gasteiger partial charge in [-0.05, 0) is 30.5 Å². The summed E-state index contributed by atoms with van der Waals surface area (Å²) in [6, 6.07) is 2.84. The maximum atomic E-state index is 13.3. The first-order valence-corrected chi connectivity index (χ1v) is 4.76. The van der Waals surface area contributed by atoms with Gasteiger partial charge >= 0.3 is 0 Å². The van der Waals surface area contributed by atoms with Gasteiger partial charge in [0, 0.05) is 12.6 Å². The molecule has 3 N–H and O–H groups in total. The van der Waals surface area contributed by atoms with Gasteiger partial charge in [-0.15, -0.1) is 0 Å². The van der Waals surface area contributed by atoms with Crippen LogP contribution in [0, 0.1) is 12.7 Å². The third-order valence-electron chi connectivity index (χ3n) is 2.22. The minimum atomic E-state index is -0.433. The zero-order valence-corrected chi connectivity index (χ0v) is 8.68. The molecule has 0 aromatic heterocycles. The largest absolute Gasteiger partial charge is 0.396 e. The molecule has 0 amide bonds. The van der Waals surface area contributed by atoms with E-state index in [0.717, 1.165) is 0 Å². The molecule has 0 spiro atoms. The molecule has 1 rings (SSSR count). The van der Waals surface area contributed by atoms with Crippen LogP contribution in [0.5, 0.6) is 0 Å². The van der Waals surface area contributed by atoms with Crippen molar-refractivity contribution in [1.82, 2.24) is 0 Å². The Morgan fingerprint density at radius 3 is 2.79 bits per heavy atom. The van der Waals surface area contributed by atoms with Crippen molar-refractivity contribution in [3.8, 4) is 0 Å². The number of halogens is 2. The molecular weight excluding hydrogens is 205 g/mol. The van der Waals surface area contributed by atoms with Gasteiger partial charge in [-0.3, -0.25) is 0 Å². The molecule has 0 heterocycles. The lowest BCUT2D eigenvalue weighted by molar-refractivity contribution is 0.276. The van der Waals surface area contributed by atoms with Crippen molar-refractivity contribution in [2.24, 2.45) is 5.73 Å². The summed E-state index contributed by atoms with van der Waals surface area (Å²) in [5, 5.41) is 8.81. The first kappa shape index (κ1) is 11.4. The molecule has 0 fully saturated rings. The van der Waals surface area contributed by atoms with Gasteiger partial charge in [-0.25, -0.2) is 4.39 Å². The molecule has 0 saturated carbocycles. The van der Waals surface area contributed by atoms with Gasteiger partial charge in [0.25, 0.3) is 0 Å². The van der Waals surface area contributed by atoms with Gasteiger partial charge in [0.1, 0.15) is 5.82 Å². The van der Waals surface area contributed by atoms with Crippen LogP contribution >= 0.6 is 11.6 Å². The highest BCUT2D eigenvalue weighted by Crippen LogP contribution is 2.25. The number of nitrogens with two attached hydrogens (primary N) is 1. The molecule has 1 aromatic rings. The molecule has 14 heavy (non-hydrogen) atoms. The Balaban J connectivity index is 3.04. The van der Waals surface area contributed by atoms with E-state index in [1.807, 2.05) is 0 Å². The van der Waals surface area contributed by atoms with Crippen molar-refractivity contribution in [2.45, 2.75) is 19.4 Å². The summed E-state index contributed by atoms with van der Waals surface area (Å²) in [6.07, 6.45) is 0.419. The van der Waals surface area contributed by atoms with Gasteiger partial charge in [-0.2, -0.15) is 0 Å². The van der Waals surface area contributed by atoms with Gasteiger partial charge in [0.2, 0.25) is 0 Å². The molecule has 0 saturated heterocycles. The minimum absolute atomic E-state index is 0.00908. The molecule has 78 valence electrons. The standard InChI is InChI=1S/C10H13ClFNO/c1-6-7(9(13)4-5-14)2-3-8(11)10(6)12/h2-3,9,14H,4-5,13H2,1H3. The van der Waals surface area contributed by atoms with Crippen LogP contribution in [0.4, 0.5) is 4.39 Å². The molecule has 2 nitrogen and oxygen atoms in total. The van der Waals surface area contributed by atoms with Gasteiger partial charge in [0.15, 0.2) is 0 Å². The molecule has 0 aliphatic carbocycles. The van der Waals surface area contributed by atoms with Gasteiger partial charge in [-0.1, -0.05) is 17.7 Å². The van der Waals surface area contributed by atoms with Crippen molar-refractivity contribution in [2.75, 3.05) is 6.61 Å². The highest BCUT2D eigenvalue weighted by molar-refractivity contribution is 6.30. The molecule has 0 radical (unpaired) electrons. The first-order valence-electron chi connectivity index (χ1n) is 4.39. The second-order valence-electron chi connectivity index (χ2n) is 3.19. The zero-order chi connectivity index (χ0) is 10.7. The Morgan fingerprint density at radius 1 is 1.57 bits per heavy atom. The van der Waals surface area contributed by atoms with E-state index in [1.54, 1.807) is 13.0 Å². The van der Waals surface area contributed by atoms with Crippen molar-refractivity contribution >= 4 is 11.6 Å². The Hall–Kier alpha value is -0.640. The SMILES string of the molecule is Cc1c(C(N)CCO)ccc(Cl)c1F. The molecule has 0 aliphatic rings. The lowest BCUT2D eigenvalue weighted by atomic mass is 9.99. The Morgan fingerprint density at radius 2 is 2.21 bits per heavy atom. The smallest absolute Gasteiger partial charge is 0.145 e. The Labute approximate surface area is 87.5 Å². The van der Waals surface area contributed by atoms with Crippen LogP contribution in [0.15, 0.2) is 12.1 Å². The van der Waals surface area contributed by atoms with Gasteiger partial charge < -0.3 is 10.8 Å². The van der Waals surface area contributed by atoms with E-state index in [1.165, 1.54) is 6.07 Å². The van der Waals surface area contributed by atoms with E-state index in [0.29, 0.717) is 17.5 Å². The lowest BCUT2D eigenvalue weighted by Crippen LogP contribution is -2.14. The third kappa shape index (κ3) is 2.23. The van der Waals surface area contributed by atoms with Crippen LogP contribution < -0.4 is 5.73 Å². The van der Waals surface area contributed by atoms with E-state index in [4.69, 9.17) is 22.4 Å². The maximum absolute atomic E-state index is 13.3. The topological polar surface area (TPSA) is 46.2 Å². The summed E-state index contributed by atoms with van der Waals surface area (Å²) in [5.41, 5.74) is 6.91. The maximum Gasteiger partial charge on any atom is 0.145 e. The fourth-order valence-corrected chi connectivity index (χ4v) is 1.57. The predicted molar refractivity (Wildman–Crippen MR) is 54.8 cm³/mol. The van der Waals surface area contributed by atoms with Crippen molar-refractivity contribution in [1.29, 1.82) is 0 Å². The molecule has 0 bridgehead atoms. The summed E-state index contributed by atoms with van der Waals surface area (Å²) in [7, 11) is 0. The van der Waals surface area contributed by atoms with Crippen LogP contribution in [-0.4, -0.2) is 11.7 Å². The van der Waals surface area contributed by atoms with Crippen LogP contribution in [0.1, 0.15) is 23.6 Å². The summed E-state index contributed by atoms with van der Waals surface area (Å²) in [6.45, 7) is 1.62. The molecule has 0 aliphatic heterocycles. The van der Waals surface area contributed by atoms with Gasteiger partial charge in [0.05, 0.1) is 5.02 Å². The van der Waals surface area contributed by atoms with E-state index in [2.05, 4.69) is 0 Å². The third-order valence-corrected chi connectivity index (χ3v) is 2.51. The number of hydrogen-bond donors (Lipinski definition) is 2. The number of aliphatic hydroxyl groups excluding tert-OH is 1. The quantitative estimate of drug-likeness (QED) is 0.815. The summed E-state index contributed by atoms with van der Waals surface area (Å²) in [4.78, 5) is 0. The van der Waals surface area contributed by atoms with E-state index < -0.39 is 5.82 Å². The zero-order valence-electron chi connectivity index (χ0n) is 7.93. The van der Waals surface area contributed by atoms with Crippen molar-refractivity contribution in [3.05, 3.63) is 34.1 Å². The second kappa shape index (κ2) is 4.73. The molecule has 1 unspecified atom stereocenters. The molecule has 1 aromatic carbocycles. The molecular formula is C10H13ClFNO. The minimum Gasteiger partial charge on any atom is -0.396 e. The van der Waals surface area contributed by atoms with E-state index >= 15 is 0 Å². The van der Waals surface area contributed by atoms with Crippen molar-refractivity contribution < 1.29 is 9.50 Å². The number of hydrogen-bond acceptors (Lipinski definition) is 2. The average molecular weight is 218 g/mol. The Bertz CT molecular complexity index is 330. The van der Waals surface area contributed by atoms with Crippen LogP contribution in [0.2, 0.25) is 5.02 Å². The fourth-order valence-electron chi connectivity index (χ4n) is 1.36. The summed E-state index contributed by atoms with van der Waals surface area (Å²) >= 11 is 5.60. The fraction of sp³-hybridized carbons (Fsp3) is 0.400. The van der Waals surface area contributed by atoms with E-state index in [9.17, 15) is 4.39 Å². The second-order valence-corrected chi connectivity index (χ2v) is 3.60. The number of aliphatic hydroxyl groups is 1. The van der Waals surface area contributed by atoms with Crippen LogP contribution in [0.25, 0.3) is 0 Å². The summed E-state index contributed by atoms with van der Waals surface area (Å²) in [5.74, 6) is -0.433. The molecule has 4 heteroatoms. The number of rotatable bonds is 3. The highest BCUT2D eigenvalue weighted by atomic mass is 35.5. The highest BCUT2D eigenvalue weighted by Gasteiger charge is 2.13. The number of benzene rings is 1. The molecule has 1 atom stereocenters. The average Bonchev–Trinajstić information content (AvgIpc) is 2.15.